The summed E-state index contributed by atoms with van der Waals surface area (Å²) >= 11 is 2.16. The maximum atomic E-state index is 4.88. The number of ether oxygens (including phenoxy) is 1. The van der Waals surface area contributed by atoms with E-state index in [0.717, 1.165) is 10.5 Å². The molecule has 1 heterocycles. The van der Waals surface area contributed by atoms with Crippen LogP contribution >= 0.6 is 22.6 Å². The van der Waals surface area contributed by atoms with E-state index in [1.165, 1.54) is 0 Å². The largest absolute Gasteiger partial charge is 0.479 e. The highest BCUT2D eigenvalue weighted by atomic mass is 127. The van der Waals surface area contributed by atoms with Crippen LogP contribution in [0.4, 0.5) is 0 Å². The Morgan fingerprint density at radius 2 is 2.67 bits per heavy atom. The van der Waals surface area contributed by atoms with Crippen LogP contribution in [-0.4, -0.2) is 0 Å². The Morgan fingerprint density at radius 3 is 2.83 bits per heavy atom. The maximum Gasteiger partial charge on any atom is 0.210 e. The molecule has 0 amide bonds. The van der Waals surface area contributed by atoms with Crippen molar-refractivity contribution in [3.8, 4) is 0 Å². The standard InChI is InChI=1S/C4H4IO/c5-4-2-1-3-6-4/h1,3H,2H2. The molecule has 6 heavy (non-hydrogen) atoms. The summed E-state index contributed by atoms with van der Waals surface area (Å²) in [4.78, 5) is 0. The van der Waals surface area contributed by atoms with Crippen LogP contribution in [0.1, 0.15) is 6.42 Å². The second-order valence-electron chi connectivity index (χ2n) is 1.05. The molecular weight excluding hydrogens is 191 g/mol. The van der Waals surface area contributed by atoms with E-state index in [9.17, 15) is 0 Å². The van der Waals surface area contributed by atoms with Gasteiger partial charge >= 0.3 is 0 Å². The van der Waals surface area contributed by atoms with Gasteiger partial charge in [0.05, 0.1) is 6.26 Å². The molecule has 1 nitrogen and oxygen atoms in total. The first-order valence-corrected chi connectivity index (χ1v) is 2.80. The Morgan fingerprint density at radius 1 is 1.83 bits per heavy atom. The van der Waals surface area contributed by atoms with Crippen LogP contribution in [-0.2, 0) is 4.74 Å². The van der Waals surface area contributed by atoms with E-state index in [-0.39, 0.29) is 0 Å². The Bertz CT molecular complexity index is 61.9. The minimum absolute atomic E-state index is 0.987. The molecule has 2 heteroatoms. The van der Waals surface area contributed by atoms with Crippen LogP contribution in [0, 0.1) is 4.11 Å². The minimum Gasteiger partial charge on any atom is -0.479 e. The maximum absolute atomic E-state index is 4.88. The average molecular weight is 195 g/mol. The van der Waals surface area contributed by atoms with Crippen LogP contribution in [0.3, 0.4) is 0 Å². The molecule has 0 saturated carbocycles. The monoisotopic (exact) mass is 195 g/mol. The average Bonchev–Trinajstić information content (AvgIpc) is 1.86. The molecule has 1 aliphatic heterocycles. The predicted molar refractivity (Wildman–Crippen MR) is 32.1 cm³/mol. The van der Waals surface area contributed by atoms with Gasteiger partial charge in [-0.2, -0.15) is 0 Å². The topological polar surface area (TPSA) is 9.23 Å². The zero-order chi connectivity index (χ0) is 4.41. The van der Waals surface area contributed by atoms with Crippen molar-refractivity contribution in [1.29, 1.82) is 0 Å². The summed E-state index contributed by atoms with van der Waals surface area (Å²) in [5.74, 6) is 0. The molecule has 1 aliphatic rings. The van der Waals surface area contributed by atoms with E-state index >= 15 is 0 Å². The van der Waals surface area contributed by atoms with Crippen LogP contribution in [0.25, 0.3) is 0 Å². The van der Waals surface area contributed by atoms with Gasteiger partial charge in [-0.15, -0.1) is 0 Å². The van der Waals surface area contributed by atoms with Crippen LogP contribution in [0.5, 0.6) is 0 Å². The van der Waals surface area contributed by atoms with Gasteiger partial charge in [-0.3, -0.25) is 0 Å². The number of halogens is 1. The van der Waals surface area contributed by atoms with Crippen LogP contribution in [0.15, 0.2) is 12.3 Å². The predicted octanol–water partition coefficient (Wildman–Crippen LogP) is 1.84. The van der Waals surface area contributed by atoms with Crippen molar-refractivity contribution in [2.45, 2.75) is 6.42 Å². The van der Waals surface area contributed by atoms with Gasteiger partial charge in [-0.1, -0.05) is 0 Å². The fourth-order valence-electron chi connectivity index (χ4n) is 0.311. The Labute approximate surface area is 50.5 Å². The third-order valence-corrected chi connectivity index (χ3v) is 1.27. The SMILES string of the molecule is I[C]1CC=CO1. The highest BCUT2D eigenvalue weighted by Gasteiger charge is 2.04. The van der Waals surface area contributed by atoms with Gasteiger partial charge in [0.25, 0.3) is 0 Å². The van der Waals surface area contributed by atoms with E-state index in [1.807, 2.05) is 6.08 Å². The van der Waals surface area contributed by atoms with Crippen molar-refractivity contribution in [1.82, 2.24) is 0 Å². The van der Waals surface area contributed by atoms with Crippen molar-refractivity contribution in [3.63, 3.8) is 0 Å². The van der Waals surface area contributed by atoms with Crippen LogP contribution < -0.4 is 0 Å². The van der Waals surface area contributed by atoms with Crippen molar-refractivity contribution in [2.24, 2.45) is 0 Å². The highest BCUT2D eigenvalue weighted by Crippen LogP contribution is 2.22. The Kier molecular flexibility index (Phi) is 1.34. The lowest BCUT2D eigenvalue weighted by Gasteiger charge is -1.92. The molecular formula is C4H4IO. The third-order valence-electron chi connectivity index (χ3n) is 0.570. The smallest absolute Gasteiger partial charge is 0.210 e. The number of rotatable bonds is 0. The highest BCUT2D eigenvalue weighted by molar-refractivity contribution is 14.1. The molecule has 0 bridgehead atoms. The van der Waals surface area contributed by atoms with Gasteiger partial charge in [0, 0.05) is 6.42 Å². The summed E-state index contributed by atoms with van der Waals surface area (Å²) in [7, 11) is 0. The molecule has 0 N–H and O–H groups in total. The summed E-state index contributed by atoms with van der Waals surface area (Å²) in [5.41, 5.74) is 0. The lowest BCUT2D eigenvalue weighted by Crippen LogP contribution is -1.74. The van der Waals surface area contributed by atoms with E-state index < -0.39 is 0 Å². The number of hydrogen-bond donors (Lipinski definition) is 0. The summed E-state index contributed by atoms with van der Waals surface area (Å²) in [6.07, 6.45) is 4.68. The first-order chi connectivity index (χ1) is 2.89. The van der Waals surface area contributed by atoms with E-state index in [4.69, 9.17) is 4.74 Å². The molecule has 0 unspecified atom stereocenters. The van der Waals surface area contributed by atoms with Crippen molar-refractivity contribution in [3.05, 3.63) is 16.4 Å². The van der Waals surface area contributed by atoms with Crippen molar-refractivity contribution in [2.75, 3.05) is 0 Å². The van der Waals surface area contributed by atoms with Crippen molar-refractivity contribution >= 4 is 22.6 Å². The van der Waals surface area contributed by atoms with Gasteiger partial charge < -0.3 is 4.74 Å². The van der Waals surface area contributed by atoms with Gasteiger partial charge in [0.15, 0.2) is 0 Å². The third kappa shape index (κ3) is 0.864. The molecule has 0 saturated heterocycles. The molecule has 1 rings (SSSR count). The minimum atomic E-state index is 0.987. The van der Waals surface area contributed by atoms with Gasteiger partial charge in [-0.05, 0) is 28.7 Å². The normalized spacial score (nSPS) is 21.5. The zero-order valence-corrected chi connectivity index (χ0v) is 5.31. The van der Waals surface area contributed by atoms with E-state index in [2.05, 4.69) is 22.6 Å². The zero-order valence-electron chi connectivity index (χ0n) is 3.15. The summed E-state index contributed by atoms with van der Waals surface area (Å²) in [6, 6.07) is 0. The summed E-state index contributed by atoms with van der Waals surface area (Å²) in [5, 5.41) is 0. The summed E-state index contributed by atoms with van der Waals surface area (Å²) < 4.78 is 5.94. The van der Waals surface area contributed by atoms with Gasteiger partial charge in [0.1, 0.15) is 0 Å². The molecule has 0 aliphatic carbocycles. The van der Waals surface area contributed by atoms with E-state index in [0.29, 0.717) is 0 Å². The lowest BCUT2D eigenvalue weighted by molar-refractivity contribution is 0.346. The number of hydrogen-bond acceptors (Lipinski definition) is 1. The quantitative estimate of drug-likeness (QED) is 0.536. The molecule has 0 aromatic rings. The Hall–Kier alpha value is 0.270. The second-order valence-corrected chi connectivity index (χ2v) is 2.25. The fourth-order valence-corrected chi connectivity index (χ4v) is 0.712. The fraction of sp³-hybridized carbons (Fsp3) is 0.250. The van der Waals surface area contributed by atoms with E-state index in [1.54, 1.807) is 6.26 Å². The van der Waals surface area contributed by atoms with Crippen LogP contribution in [0.2, 0.25) is 0 Å². The Balaban J connectivity index is 2.32. The van der Waals surface area contributed by atoms with Crippen molar-refractivity contribution < 1.29 is 4.74 Å². The van der Waals surface area contributed by atoms with Gasteiger partial charge in [0.2, 0.25) is 4.11 Å². The lowest BCUT2D eigenvalue weighted by atomic mass is 10.5. The molecule has 0 fully saturated rings. The first-order valence-electron chi connectivity index (χ1n) is 1.72. The second kappa shape index (κ2) is 1.82. The molecule has 1 radical (unpaired) electrons. The first kappa shape index (κ1) is 4.43. The van der Waals surface area contributed by atoms with Gasteiger partial charge in [-0.25, -0.2) is 0 Å². The molecule has 33 valence electrons. The molecule has 0 aromatic carbocycles. The molecule has 0 spiro atoms. The summed E-state index contributed by atoms with van der Waals surface area (Å²) in [6.45, 7) is 0. The molecule has 0 aromatic heterocycles. The molecule has 0 atom stereocenters.